The average Bonchev–Trinajstić information content (AvgIpc) is 2.40. The molecule has 2 rings (SSSR count). The minimum absolute atomic E-state index is 0.619. The van der Waals surface area contributed by atoms with Gasteiger partial charge in [0.25, 0.3) is 0 Å². The van der Waals surface area contributed by atoms with Crippen LogP contribution in [0.3, 0.4) is 0 Å². The highest BCUT2D eigenvalue weighted by Gasteiger charge is 2.04. The van der Waals surface area contributed by atoms with Gasteiger partial charge in [0.05, 0.1) is 6.61 Å². The van der Waals surface area contributed by atoms with Gasteiger partial charge in [-0.05, 0) is 30.7 Å². The number of hydrogen-bond donors (Lipinski definition) is 2. The molecular formula is C14H17N3O. The van der Waals surface area contributed by atoms with Gasteiger partial charge in [0.15, 0.2) is 11.6 Å². The van der Waals surface area contributed by atoms with Crippen LogP contribution in [0, 0.1) is 0 Å². The predicted molar refractivity (Wildman–Crippen MR) is 73.6 cm³/mol. The van der Waals surface area contributed by atoms with E-state index in [4.69, 9.17) is 10.5 Å². The number of ether oxygens (including phenoxy) is 1. The first-order chi connectivity index (χ1) is 8.81. The number of nitrogens with two attached hydrogens (primary N) is 1. The van der Waals surface area contributed by atoms with Crippen LogP contribution in [-0.2, 0) is 6.54 Å². The lowest BCUT2D eigenvalue weighted by Gasteiger charge is -2.11. The maximum Gasteiger partial charge on any atom is 0.169 e. The summed E-state index contributed by atoms with van der Waals surface area (Å²) in [5.41, 5.74) is 7.71. The lowest BCUT2D eigenvalue weighted by Crippen LogP contribution is -2.06. The Balaban J connectivity index is 2.08. The first-order valence-corrected chi connectivity index (χ1v) is 5.96. The Morgan fingerprint density at radius 1 is 1.22 bits per heavy atom. The van der Waals surface area contributed by atoms with Crippen molar-refractivity contribution in [2.75, 3.05) is 17.7 Å². The van der Waals surface area contributed by atoms with E-state index in [2.05, 4.69) is 10.3 Å². The highest BCUT2D eigenvalue weighted by Crippen LogP contribution is 2.22. The van der Waals surface area contributed by atoms with E-state index in [-0.39, 0.29) is 0 Å². The molecule has 1 aromatic heterocycles. The Morgan fingerprint density at radius 3 is 2.83 bits per heavy atom. The van der Waals surface area contributed by atoms with Crippen LogP contribution in [0.5, 0.6) is 5.75 Å². The van der Waals surface area contributed by atoms with Gasteiger partial charge < -0.3 is 15.8 Å². The number of hydrogen-bond acceptors (Lipinski definition) is 4. The van der Waals surface area contributed by atoms with Crippen LogP contribution in [-0.4, -0.2) is 11.6 Å². The van der Waals surface area contributed by atoms with Gasteiger partial charge in [-0.1, -0.05) is 18.2 Å². The van der Waals surface area contributed by atoms with Crippen LogP contribution in [0.1, 0.15) is 12.5 Å². The lowest BCUT2D eigenvalue weighted by molar-refractivity contribution is 0.340. The molecule has 0 saturated carbocycles. The number of nitrogen functional groups attached to an aromatic ring is 1. The van der Waals surface area contributed by atoms with Gasteiger partial charge >= 0.3 is 0 Å². The van der Waals surface area contributed by atoms with E-state index in [0.717, 1.165) is 22.8 Å². The molecule has 0 saturated heterocycles. The van der Waals surface area contributed by atoms with Crippen LogP contribution < -0.4 is 15.8 Å². The highest BCUT2D eigenvalue weighted by atomic mass is 16.5. The van der Waals surface area contributed by atoms with Crippen LogP contribution in [0.4, 0.5) is 11.5 Å². The molecule has 0 amide bonds. The molecule has 0 bridgehead atoms. The van der Waals surface area contributed by atoms with Gasteiger partial charge in [-0.25, -0.2) is 4.98 Å². The molecule has 2 aromatic rings. The third-order valence-corrected chi connectivity index (χ3v) is 2.57. The normalized spacial score (nSPS) is 10.1. The zero-order chi connectivity index (χ0) is 12.8. The van der Waals surface area contributed by atoms with Crippen molar-refractivity contribution in [3.05, 3.63) is 48.2 Å². The van der Waals surface area contributed by atoms with Crippen molar-refractivity contribution >= 4 is 11.5 Å². The molecule has 0 aliphatic carbocycles. The second-order valence-corrected chi connectivity index (χ2v) is 3.84. The number of nitrogens with zero attached hydrogens (tertiary/aromatic N) is 1. The van der Waals surface area contributed by atoms with Gasteiger partial charge in [0.2, 0.25) is 0 Å². The van der Waals surface area contributed by atoms with Gasteiger partial charge in [-0.3, -0.25) is 0 Å². The predicted octanol–water partition coefficient (Wildman–Crippen LogP) is 2.67. The standard InChI is InChI=1S/C14H17N3O/c1-2-18-13-8-5-9-16-14(13)17-10-11-6-3-4-7-12(11)15/h3-9H,2,10,15H2,1H3,(H,16,17). The van der Waals surface area contributed by atoms with Crippen molar-refractivity contribution in [3.8, 4) is 5.75 Å². The van der Waals surface area contributed by atoms with Crippen LogP contribution in [0.25, 0.3) is 0 Å². The van der Waals surface area contributed by atoms with E-state index in [0.29, 0.717) is 13.2 Å². The molecule has 1 heterocycles. The largest absolute Gasteiger partial charge is 0.490 e. The number of anilines is 2. The molecule has 0 fully saturated rings. The minimum atomic E-state index is 0.619. The molecule has 0 spiro atoms. The first-order valence-electron chi connectivity index (χ1n) is 5.96. The highest BCUT2D eigenvalue weighted by molar-refractivity contribution is 5.52. The smallest absolute Gasteiger partial charge is 0.169 e. The van der Waals surface area contributed by atoms with Crippen molar-refractivity contribution in [1.82, 2.24) is 4.98 Å². The van der Waals surface area contributed by atoms with Gasteiger partial charge in [-0.15, -0.1) is 0 Å². The third kappa shape index (κ3) is 2.91. The van der Waals surface area contributed by atoms with E-state index in [1.54, 1.807) is 6.20 Å². The maximum absolute atomic E-state index is 5.89. The molecule has 18 heavy (non-hydrogen) atoms. The number of para-hydroxylation sites is 1. The summed E-state index contributed by atoms with van der Waals surface area (Å²) in [6.45, 7) is 3.20. The fourth-order valence-electron chi connectivity index (χ4n) is 1.67. The Labute approximate surface area is 107 Å². The van der Waals surface area contributed by atoms with Crippen molar-refractivity contribution in [2.24, 2.45) is 0 Å². The molecular weight excluding hydrogens is 226 g/mol. The summed E-state index contributed by atoms with van der Waals surface area (Å²) < 4.78 is 5.50. The number of pyridine rings is 1. The summed E-state index contributed by atoms with van der Waals surface area (Å²) in [5, 5.41) is 3.24. The first kappa shape index (κ1) is 12.2. The molecule has 0 atom stereocenters. The van der Waals surface area contributed by atoms with Crippen LogP contribution >= 0.6 is 0 Å². The van der Waals surface area contributed by atoms with Crippen LogP contribution in [0.2, 0.25) is 0 Å². The van der Waals surface area contributed by atoms with E-state index < -0.39 is 0 Å². The summed E-state index contributed by atoms with van der Waals surface area (Å²) in [4.78, 5) is 4.27. The molecule has 3 N–H and O–H groups in total. The van der Waals surface area contributed by atoms with Crippen molar-refractivity contribution in [1.29, 1.82) is 0 Å². The molecule has 0 aliphatic rings. The average molecular weight is 243 g/mol. The van der Waals surface area contributed by atoms with Gasteiger partial charge in [0.1, 0.15) is 0 Å². The quantitative estimate of drug-likeness (QED) is 0.793. The Kier molecular flexibility index (Phi) is 4.02. The number of benzene rings is 1. The summed E-state index contributed by atoms with van der Waals surface area (Å²) in [6.07, 6.45) is 1.74. The molecule has 0 unspecified atom stereocenters. The molecule has 0 aliphatic heterocycles. The van der Waals surface area contributed by atoms with E-state index in [1.165, 1.54) is 0 Å². The SMILES string of the molecule is CCOc1cccnc1NCc1ccccc1N. The summed E-state index contributed by atoms with van der Waals surface area (Å²) in [6, 6.07) is 11.5. The fraction of sp³-hybridized carbons (Fsp3) is 0.214. The van der Waals surface area contributed by atoms with Crippen molar-refractivity contribution < 1.29 is 4.74 Å². The number of aromatic nitrogens is 1. The van der Waals surface area contributed by atoms with Crippen LogP contribution in [0.15, 0.2) is 42.6 Å². The molecule has 0 radical (unpaired) electrons. The monoisotopic (exact) mass is 243 g/mol. The Morgan fingerprint density at radius 2 is 2.06 bits per heavy atom. The molecule has 4 heteroatoms. The van der Waals surface area contributed by atoms with E-state index >= 15 is 0 Å². The zero-order valence-corrected chi connectivity index (χ0v) is 10.4. The topological polar surface area (TPSA) is 60.2 Å². The van der Waals surface area contributed by atoms with Gasteiger partial charge in [0, 0.05) is 18.4 Å². The second kappa shape index (κ2) is 5.91. The molecule has 1 aromatic carbocycles. The fourth-order valence-corrected chi connectivity index (χ4v) is 1.67. The Hall–Kier alpha value is -2.23. The molecule has 4 nitrogen and oxygen atoms in total. The van der Waals surface area contributed by atoms with E-state index in [1.807, 2.05) is 43.3 Å². The summed E-state index contributed by atoms with van der Waals surface area (Å²) in [7, 11) is 0. The maximum atomic E-state index is 5.89. The van der Waals surface area contributed by atoms with E-state index in [9.17, 15) is 0 Å². The summed E-state index contributed by atoms with van der Waals surface area (Å²) in [5.74, 6) is 1.50. The number of rotatable bonds is 5. The Bertz CT molecular complexity index is 514. The number of nitrogens with one attached hydrogen (secondary N) is 1. The van der Waals surface area contributed by atoms with Crippen molar-refractivity contribution in [3.63, 3.8) is 0 Å². The van der Waals surface area contributed by atoms with Crippen molar-refractivity contribution in [2.45, 2.75) is 13.5 Å². The molecule has 94 valence electrons. The summed E-state index contributed by atoms with van der Waals surface area (Å²) >= 11 is 0. The second-order valence-electron chi connectivity index (χ2n) is 3.84. The lowest BCUT2D eigenvalue weighted by atomic mass is 10.2. The third-order valence-electron chi connectivity index (χ3n) is 2.57. The zero-order valence-electron chi connectivity index (χ0n) is 10.4. The minimum Gasteiger partial charge on any atom is -0.490 e. The van der Waals surface area contributed by atoms with Gasteiger partial charge in [-0.2, -0.15) is 0 Å².